The predicted octanol–water partition coefficient (Wildman–Crippen LogP) is 3.30. The van der Waals surface area contributed by atoms with Gasteiger partial charge in [-0.2, -0.15) is 0 Å². The zero-order chi connectivity index (χ0) is 17.4. The van der Waals surface area contributed by atoms with Gasteiger partial charge in [0.15, 0.2) is 11.5 Å². The molecule has 4 aromatic rings. The number of fused-ring (bicyclic) bond motifs is 1. The summed E-state index contributed by atoms with van der Waals surface area (Å²) in [7, 11) is 0. The lowest BCUT2D eigenvalue weighted by molar-refractivity contribution is 0.0696. The summed E-state index contributed by atoms with van der Waals surface area (Å²) in [5.41, 5.74) is 2.31. The first-order valence-corrected chi connectivity index (χ1v) is 7.43. The third kappa shape index (κ3) is 2.61. The van der Waals surface area contributed by atoms with Crippen LogP contribution in [-0.2, 0) is 0 Å². The molecule has 0 saturated carbocycles. The van der Waals surface area contributed by atoms with E-state index in [0.717, 1.165) is 0 Å². The molecule has 0 radical (unpaired) electrons. The molecule has 0 spiro atoms. The van der Waals surface area contributed by atoms with Crippen molar-refractivity contribution in [3.05, 3.63) is 72.3 Å². The fourth-order valence-corrected chi connectivity index (χ4v) is 2.62. The van der Waals surface area contributed by atoms with Crippen LogP contribution in [0.2, 0.25) is 0 Å². The second-order valence-electron chi connectivity index (χ2n) is 5.39. The number of carboxylic acid groups (broad SMARTS) is 1. The van der Waals surface area contributed by atoms with Crippen molar-refractivity contribution in [3.8, 4) is 22.6 Å². The van der Waals surface area contributed by atoms with Crippen LogP contribution in [0, 0.1) is 5.82 Å². The summed E-state index contributed by atoms with van der Waals surface area (Å²) in [6.45, 7) is 0. The number of rotatable bonds is 3. The van der Waals surface area contributed by atoms with Gasteiger partial charge in [-0.15, -0.1) is 10.2 Å². The molecule has 122 valence electrons. The Morgan fingerprint density at radius 3 is 2.56 bits per heavy atom. The van der Waals surface area contributed by atoms with Gasteiger partial charge in [-0.1, -0.05) is 18.2 Å². The number of nitrogens with zero attached hydrogens (tertiary/aromatic N) is 4. The second kappa shape index (κ2) is 5.79. The molecule has 0 aliphatic carbocycles. The van der Waals surface area contributed by atoms with Gasteiger partial charge in [0, 0.05) is 18.0 Å². The van der Waals surface area contributed by atoms with Crippen LogP contribution in [0.3, 0.4) is 0 Å². The Kier molecular flexibility index (Phi) is 3.46. The van der Waals surface area contributed by atoms with Crippen LogP contribution in [0.1, 0.15) is 10.4 Å². The van der Waals surface area contributed by atoms with E-state index in [1.54, 1.807) is 34.9 Å². The molecule has 0 bridgehead atoms. The zero-order valence-electron chi connectivity index (χ0n) is 12.8. The molecule has 0 atom stereocenters. The smallest absolute Gasteiger partial charge is 0.337 e. The first-order chi connectivity index (χ1) is 12.1. The minimum absolute atomic E-state index is 0.0730. The maximum atomic E-state index is 13.2. The number of carbonyl (C=O) groups is 1. The first-order valence-electron chi connectivity index (χ1n) is 7.43. The summed E-state index contributed by atoms with van der Waals surface area (Å²) in [6, 6.07) is 12.6. The number of halogens is 1. The van der Waals surface area contributed by atoms with Crippen LogP contribution in [0.5, 0.6) is 0 Å². The third-order valence-electron chi connectivity index (χ3n) is 3.80. The van der Waals surface area contributed by atoms with Crippen LogP contribution >= 0.6 is 0 Å². The van der Waals surface area contributed by atoms with Crippen LogP contribution in [-0.4, -0.2) is 30.7 Å². The lowest BCUT2D eigenvalue weighted by Crippen LogP contribution is -2.02. The topological polar surface area (TPSA) is 80.4 Å². The molecule has 1 N–H and O–H groups in total. The summed E-state index contributed by atoms with van der Waals surface area (Å²) < 4.78 is 14.8. The molecule has 7 heteroatoms. The van der Waals surface area contributed by atoms with Crippen molar-refractivity contribution in [2.45, 2.75) is 0 Å². The Bertz CT molecular complexity index is 1080. The minimum atomic E-state index is -1.08. The van der Waals surface area contributed by atoms with E-state index in [9.17, 15) is 14.3 Å². The average molecular weight is 334 g/mol. The van der Waals surface area contributed by atoms with Crippen LogP contribution in [0.25, 0.3) is 28.3 Å². The van der Waals surface area contributed by atoms with E-state index in [4.69, 9.17) is 0 Å². The predicted molar refractivity (Wildman–Crippen MR) is 88.6 cm³/mol. The molecular weight excluding hydrogens is 323 g/mol. The van der Waals surface area contributed by atoms with Crippen LogP contribution in [0.4, 0.5) is 4.39 Å². The zero-order valence-corrected chi connectivity index (χ0v) is 12.8. The monoisotopic (exact) mass is 334 g/mol. The van der Waals surface area contributed by atoms with Gasteiger partial charge in [0.05, 0.1) is 5.56 Å². The average Bonchev–Trinajstić information content (AvgIpc) is 3.06. The number of carboxylic acids is 1. The molecule has 0 fully saturated rings. The van der Waals surface area contributed by atoms with E-state index >= 15 is 0 Å². The van der Waals surface area contributed by atoms with Crippen molar-refractivity contribution in [2.24, 2.45) is 0 Å². The van der Waals surface area contributed by atoms with E-state index in [-0.39, 0.29) is 11.4 Å². The molecule has 0 unspecified atom stereocenters. The van der Waals surface area contributed by atoms with E-state index in [0.29, 0.717) is 28.3 Å². The highest BCUT2D eigenvalue weighted by Gasteiger charge is 2.17. The number of aromatic carboxylic acids is 1. The Morgan fingerprint density at radius 1 is 1.08 bits per heavy atom. The number of hydrogen-bond acceptors (Lipinski definition) is 4. The number of benzene rings is 1. The second-order valence-corrected chi connectivity index (χ2v) is 5.39. The molecule has 0 amide bonds. The molecule has 6 nitrogen and oxygen atoms in total. The fraction of sp³-hybridized carbons (Fsp3) is 0. The van der Waals surface area contributed by atoms with Gasteiger partial charge in [0.25, 0.3) is 0 Å². The van der Waals surface area contributed by atoms with Gasteiger partial charge in [0.2, 0.25) is 0 Å². The molecular formula is C18H11FN4O2. The Balaban J connectivity index is 2.01. The molecule has 3 heterocycles. The molecule has 0 aliphatic heterocycles. The van der Waals surface area contributed by atoms with E-state index in [2.05, 4.69) is 15.2 Å². The summed E-state index contributed by atoms with van der Waals surface area (Å²) in [5.74, 6) is -1.02. The lowest BCUT2D eigenvalue weighted by Gasteiger charge is -2.07. The highest BCUT2D eigenvalue weighted by atomic mass is 19.1. The third-order valence-corrected chi connectivity index (χ3v) is 3.80. The van der Waals surface area contributed by atoms with Gasteiger partial charge in [-0.25, -0.2) is 9.18 Å². The molecule has 0 aliphatic rings. The summed E-state index contributed by atoms with van der Waals surface area (Å²) in [5, 5.41) is 17.8. The van der Waals surface area contributed by atoms with Gasteiger partial charge < -0.3 is 5.11 Å². The summed E-state index contributed by atoms with van der Waals surface area (Å²) in [6.07, 6.45) is 3.08. The standard InChI is InChI=1S/C18H11FN4O2/c19-13-6-4-11(5-7-13)14-9-12(18(24)25)10-23-16(14)21-22-17(23)15-3-1-2-8-20-15/h1-10H,(H,24,25). The Hall–Kier alpha value is -3.61. The van der Waals surface area contributed by atoms with E-state index in [1.165, 1.54) is 24.4 Å². The Labute approximate surface area is 141 Å². The van der Waals surface area contributed by atoms with Gasteiger partial charge in [-0.3, -0.25) is 9.38 Å². The van der Waals surface area contributed by atoms with Gasteiger partial charge >= 0.3 is 5.97 Å². The highest BCUT2D eigenvalue weighted by molar-refractivity contribution is 5.92. The maximum Gasteiger partial charge on any atom is 0.337 e. The number of hydrogen-bond donors (Lipinski definition) is 1. The lowest BCUT2D eigenvalue weighted by atomic mass is 10.0. The SMILES string of the molecule is O=C(O)c1cc(-c2ccc(F)cc2)c2nnc(-c3ccccn3)n2c1. The van der Waals surface area contributed by atoms with Crippen molar-refractivity contribution in [2.75, 3.05) is 0 Å². The van der Waals surface area contributed by atoms with Crippen LogP contribution < -0.4 is 0 Å². The fourth-order valence-electron chi connectivity index (χ4n) is 2.62. The molecule has 3 aromatic heterocycles. The first kappa shape index (κ1) is 14.9. The van der Waals surface area contributed by atoms with Gasteiger partial charge in [-0.05, 0) is 35.9 Å². The number of aromatic nitrogens is 4. The van der Waals surface area contributed by atoms with Crippen molar-refractivity contribution in [3.63, 3.8) is 0 Å². The number of pyridine rings is 2. The van der Waals surface area contributed by atoms with E-state index < -0.39 is 5.97 Å². The summed E-state index contributed by atoms with van der Waals surface area (Å²) >= 11 is 0. The maximum absolute atomic E-state index is 13.2. The molecule has 1 aromatic carbocycles. The Morgan fingerprint density at radius 2 is 1.88 bits per heavy atom. The van der Waals surface area contributed by atoms with Gasteiger partial charge in [0.1, 0.15) is 11.5 Å². The largest absolute Gasteiger partial charge is 0.478 e. The molecule has 0 saturated heterocycles. The molecule has 4 rings (SSSR count). The van der Waals surface area contributed by atoms with Crippen molar-refractivity contribution >= 4 is 11.6 Å². The van der Waals surface area contributed by atoms with Crippen molar-refractivity contribution in [1.29, 1.82) is 0 Å². The highest BCUT2D eigenvalue weighted by Crippen LogP contribution is 2.28. The minimum Gasteiger partial charge on any atom is -0.478 e. The quantitative estimate of drug-likeness (QED) is 0.622. The van der Waals surface area contributed by atoms with Crippen LogP contribution in [0.15, 0.2) is 60.9 Å². The van der Waals surface area contributed by atoms with Crippen molar-refractivity contribution < 1.29 is 14.3 Å². The van der Waals surface area contributed by atoms with E-state index in [1.807, 2.05) is 6.07 Å². The van der Waals surface area contributed by atoms with Crippen molar-refractivity contribution in [1.82, 2.24) is 19.6 Å². The molecule has 25 heavy (non-hydrogen) atoms. The summed E-state index contributed by atoms with van der Waals surface area (Å²) in [4.78, 5) is 15.8. The normalized spacial score (nSPS) is 10.9.